The Hall–Kier alpha value is -2.80. The highest BCUT2D eigenvalue weighted by molar-refractivity contribution is 9.10. The summed E-state index contributed by atoms with van der Waals surface area (Å²) in [6.07, 6.45) is 1.63. The van der Waals surface area contributed by atoms with Gasteiger partial charge in [-0.3, -0.25) is 9.59 Å². The Labute approximate surface area is 183 Å². The molecule has 0 atom stereocenters. The highest BCUT2D eigenvalue weighted by Crippen LogP contribution is 2.33. The van der Waals surface area contributed by atoms with Crippen LogP contribution in [0.4, 0.5) is 5.69 Å². The van der Waals surface area contributed by atoms with E-state index in [1.165, 1.54) is 14.2 Å². The lowest BCUT2D eigenvalue weighted by molar-refractivity contribution is 0.102. The van der Waals surface area contributed by atoms with Gasteiger partial charge in [0.15, 0.2) is 11.5 Å². The summed E-state index contributed by atoms with van der Waals surface area (Å²) in [5.74, 6) is 0.847. The predicted octanol–water partition coefficient (Wildman–Crippen LogP) is 5.00. The minimum atomic E-state index is -0.296. The van der Waals surface area contributed by atoms with Crippen LogP contribution in [-0.2, 0) is 6.54 Å². The molecule has 0 aliphatic heterocycles. The van der Waals surface area contributed by atoms with Crippen LogP contribution >= 0.6 is 15.9 Å². The van der Waals surface area contributed by atoms with Crippen molar-refractivity contribution in [2.45, 2.75) is 27.3 Å². The van der Waals surface area contributed by atoms with Gasteiger partial charge < -0.3 is 19.4 Å². The number of hydrogen-bond acceptors (Lipinski definition) is 4. The van der Waals surface area contributed by atoms with Gasteiger partial charge in [0.25, 0.3) is 11.5 Å². The average molecular weight is 473 g/mol. The Kier molecular flexibility index (Phi) is 6.51. The normalized spacial score (nSPS) is 11.0. The number of hydrogen-bond donors (Lipinski definition) is 1. The molecule has 7 heteroatoms. The smallest absolute Gasteiger partial charge is 0.258 e. The van der Waals surface area contributed by atoms with Gasteiger partial charge in [-0.1, -0.05) is 29.8 Å². The zero-order valence-electron chi connectivity index (χ0n) is 17.7. The fourth-order valence-electron chi connectivity index (χ4n) is 3.38. The number of ether oxygens (including phenoxy) is 2. The number of amides is 1. The number of pyridine rings is 1. The first kappa shape index (κ1) is 21.9. The molecule has 1 aromatic heterocycles. The van der Waals surface area contributed by atoms with Crippen LogP contribution < -0.4 is 20.3 Å². The van der Waals surface area contributed by atoms with E-state index in [4.69, 9.17) is 9.47 Å². The molecule has 3 aromatic rings. The Bertz CT molecular complexity index is 1170. The minimum Gasteiger partial charge on any atom is -0.493 e. The van der Waals surface area contributed by atoms with E-state index in [2.05, 4.69) is 21.2 Å². The summed E-state index contributed by atoms with van der Waals surface area (Å²) in [6, 6.07) is 8.95. The summed E-state index contributed by atoms with van der Waals surface area (Å²) in [4.78, 5) is 26.3. The van der Waals surface area contributed by atoms with Gasteiger partial charge in [0.1, 0.15) is 0 Å². The topological polar surface area (TPSA) is 69.6 Å². The Morgan fingerprint density at radius 2 is 1.73 bits per heavy atom. The quantitative estimate of drug-likeness (QED) is 0.547. The second-order valence-electron chi connectivity index (χ2n) is 7.56. The Balaban J connectivity index is 2.21. The van der Waals surface area contributed by atoms with E-state index < -0.39 is 0 Å². The molecule has 0 radical (unpaired) electrons. The third-order valence-corrected chi connectivity index (χ3v) is 5.33. The fourth-order valence-corrected chi connectivity index (χ4v) is 3.86. The maximum absolute atomic E-state index is 13.3. The molecule has 0 unspecified atom stereocenters. The molecule has 0 saturated heterocycles. The number of methoxy groups -OCH3 is 2. The van der Waals surface area contributed by atoms with E-state index in [1.54, 1.807) is 22.9 Å². The summed E-state index contributed by atoms with van der Waals surface area (Å²) < 4.78 is 13.3. The van der Waals surface area contributed by atoms with Crippen molar-refractivity contribution in [3.05, 3.63) is 62.5 Å². The Morgan fingerprint density at radius 1 is 1.10 bits per heavy atom. The number of rotatable bonds is 6. The number of benzene rings is 2. The number of carbonyl (C=O) groups is 1. The third kappa shape index (κ3) is 4.36. The standard InChI is InChI=1S/C23H25BrN2O4/c1-13(2)11-26-12-18(22(27)25-19-7-6-15(24)8-14(19)3)16-9-20(29-4)21(30-5)10-17(16)23(26)28/h6-10,12-13H,11H2,1-5H3,(H,25,27). The highest BCUT2D eigenvalue weighted by Gasteiger charge is 2.19. The molecular formula is C23H25BrN2O4. The monoisotopic (exact) mass is 472 g/mol. The van der Waals surface area contributed by atoms with Gasteiger partial charge in [-0.2, -0.15) is 0 Å². The van der Waals surface area contributed by atoms with Crippen molar-refractivity contribution < 1.29 is 14.3 Å². The summed E-state index contributed by atoms with van der Waals surface area (Å²) in [7, 11) is 3.04. The van der Waals surface area contributed by atoms with Crippen LogP contribution in [0, 0.1) is 12.8 Å². The van der Waals surface area contributed by atoms with E-state index in [0.717, 1.165) is 10.0 Å². The number of anilines is 1. The van der Waals surface area contributed by atoms with Crippen molar-refractivity contribution in [3.8, 4) is 11.5 Å². The SMILES string of the molecule is COc1cc2c(C(=O)Nc3ccc(Br)cc3C)cn(CC(C)C)c(=O)c2cc1OC. The van der Waals surface area contributed by atoms with Gasteiger partial charge in [0, 0.05) is 28.3 Å². The van der Waals surface area contributed by atoms with E-state index in [9.17, 15) is 9.59 Å². The maximum Gasteiger partial charge on any atom is 0.258 e. The second-order valence-corrected chi connectivity index (χ2v) is 8.48. The molecule has 158 valence electrons. The van der Waals surface area contributed by atoms with Crippen molar-refractivity contribution in [1.29, 1.82) is 0 Å². The number of aryl methyl sites for hydroxylation is 1. The van der Waals surface area contributed by atoms with E-state index >= 15 is 0 Å². The molecule has 0 aliphatic rings. The molecule has 1 heterocycles. The molecule has 0 saturated carbocycles. The van der Waals surface area contributed by atoms with Crippen LogP contribution in [0.2, 0.25) is 0 Å². The summed E-state index contributed by atoms with van der Waals surface area (Å²) in [6.45, 7) is 6.47. The predicted molar refractivity (Wildman–Crippen MR) is 123 cm³/mol. The van der Waals surface area contributed by atoms with Crippen LogP contribution in [0.1, 0.15) is 29.8 Å². The minimum absolute atomic E-state index is 0.170. The molecule has 3 rings (SSSR count). The summed E-state index contributed by atoms with van der Waals surface area (Å²) in [5, 5.41) is 3.89. The van der Waals surface area contributed by atoms with Gasteiger partial charge in [0.2, 0.25) is 0 Å². The maximum atomic E-state index is 13.3. The van der Waals surface area contributed by atoms with Crippen LogP contribution in [0.5, 0.6) is 11.5 Å². The lowest BCUT2D eigenvalue weighted by Gasteiger charge is -2.16. The summed E-state index contributed by atoms with van der Waals surface area (Å²) in [5.41, 5.74) is 1.86. The first-order valence-electron chi connectivity index (χ1n) is 9.61. The first-order valence-corrected chi connectivity index (χ1v) is 10.4. The van der Waals surface area contributed by atoms with Crippen molar-refractivity contribution in [1.82, 2.24) is 4.57 Å². The zero-order valence-corrected chi connectivity index (χ0v) is 19.3. The zero-order chi connectivity index (χ0) is 22.0. The van der Waals surface area contributed by atoms with Crippen LogP contribution in [-0.4, -0.2) is 24.7 Å². The van der Waals surface area contributed by atoms with Crippen LogP contribution in [0.15, 0.2) is 45.8 Å². The van der Waals surface area contributed by atoms with Crippen LogP contribution in [0.3, 0.4) is 0 Å². The molecular weight excluding hydrogens is 448 g/mol. The third-order valence-electron chi connectivity index (χ3n) is 4.83. The molecule has 30 heavy (non-hydrogen) atoms. The van der Waals surface area contributed by atoms with Gasteiger partial charge in [-0.15, -0.1) is 0 Å². The molecule has 1 amide bonds. The van der Waals surface area contributed by atoms with Gasteiger partial charge in [-0.25, -0.2) is 0 Å². The lowest BCUT2D eigenvalue weighted by atomic mass is 10.0. The summed E-state index contributed by atoms with van der Waals surface area (Å²) >= 11 is 3.43. The molecule has 1 N–H and O–H groups in total. The molecule has 6 nitrogen and oxygen atoms in total. The van der Waals surface area contributed by atoms with Gasteiger partial charge in [0.05, 0.1) is 25.2 Å². The van der Waals surface area contributed by atoms with Crippen molar-refractivity contribution in [2.24, 2.45) is 5.92 Å². The average Bonchev–Trinajstić information content (AvgIpc) is 2.70. The van der Waals surface area contributed by atoms with E-state index in [0.29, 0.717) is 40.1 Å². The highest BCUT2D eigenvalue weighted by atomic mass is 79.9. The molecule has 2 aromatic carbocycles. The van der Waals surface area contributed by atoms with E-state index in [1.807, 2.05) is 39.0 Å². The second kappa shape index (κ2) is 8.92. The van der Waals surface area contributed by atoms with Crippen molar-refractivity contribution in [3.63, 3.8) is 0 Å². The largest absolute Gasteiger partial charge is 0.493 e. The Morgan fingerprint density at radius 3 is 2.30 bits per heavy atom. The van der Waals surface area contributed by atoms with Gasteiger partial charge >= 0.3 is 0 Å². The molecule has 0 bridgehead atoms. The van der Waals surface area contributed by atoms with Crippen molar-refractivity contribution >= 4 is 38.3 Å². The lowest BCUT2D eigenvalue weighted by Crippen LogP contribution is -2.25. The number of halogens is 1. The number of carbonyl (C=O) groups excluding carboxylic acids is 1. The number of nitrogens with one attached hydrogen (secondary N) is 1. The number of fused-ring (bicyclic) bond motifs is 1. The molecule has 0 spiro atoms. The first-order chi connectivity index (χ1) is 14.2. The number of aromatic nitrogens is 1. The van der Waals surface area contributed by atoms with Gasteiger partial charge in [-0.05, 0) is 48.7 Å². The van der Waals surface area contributed by atoms with E-state index in [-0.39, 0.29) is 17.4 Å². The van der Waals surface area contributed by atoms with Crippen molar-refractivity contribution in [2.75, 3.05) is 19.5 Å². The fraction of sp³-hybridized carbons (Fsp3) is 0.304. The molecule has 0 aliphatic carbocycles. The van der Waals surface area contributed by atoms with Crippen LogP contribution in [0.25, 0.3) is 10.8 Å². The number of nitrogens with zero attached hydrogens (tertiary/aromatic N) is 1. The molecule has 0 fully saturated rings.